The summed E-state index contributed by atoms with van der Waals surface area (Å²) in [6, 6.07) is 5.83. The van der Waals surface area contributed by atoms with Crippen LogP contribution in [0.25, 0.3) is 0 Å². The van der Waals surface area contributed by atoms with Crippen LogP contribution in [0.15, 0.2) is 18.2 Å². The third-order valence-corrected chi connectivity index (χ3v) is 3.69. The van der Waals surface area contributed by atoms with Crippen molar-refractivity contribution < 1.29 is 9.53 Å². The maximum Gasteiger partial charge on any atom is 0.327 e. The molecule has 0 amide bonds. The Hall–Kier alpha value is -1.35. The number of rotatable bonds is 6. The highest BCUT2D eigenvalue weighted by Crippen LogP contribution is 2.29. The smallest absolute Gasteiger partial charge is 0.327 e. The van der Waals surface area contributed by atoms with Crippen molar-refractivity contribution in [3.8, 4) is 0 Å². The van der Waals surface area contributed by atoms with Crippen molar-refractivity contribution in [3.05, 3.63) is 34.9 Å². The molecule has 1 aliphatic rings. The van der Waals surface area contributed by atoms with Gasteiger partial charge in [-0.2, -0.15) is 0 Å². The monoisotopic (exact) mass is 261 g/mol. The first kappa shape index (κ1) is 14.1. The van der Waals surface area contributed by atoms with E-state index >= 15 is 0 Å². The number of ether oxygens (including phenoxy) is 1. The number of aryl methyl sites for hydroxylation is 2. The van der Waals surface area contributed by atoms with Gasteiger partial charge in [-0.05, 0) is 62.8 Å². The highest BCUT2D eigenvalue weighted by molar-refractivity contribution is 5.77. The largest absolute Gasteiger partial charge is 0.465 e. The van der Waals surface area contributed by atoms with Gasteiger partial charge in [-0.3, -0.25) is 0 Å². The van der Waals surface area contributed by atoms with Crippen molar-refractivity contribution in [2.24, 2.45) is 5.92 Å². The number of nitrogens with one attached hydrogen (secondary N) is 1. The van der Waals surface area contributed by atoms with Crippen LogP contribution in [0, 0.1) is 19.8 Å². The molecule has 0 aliphatic heterocycles. The Bertz CT molecular complexity index is 452. The molecule has 0 aromatic heterocycles. The molecule has 19 heavy (non-hydrogen) atoms. The molecule has 0 bridgehead atoms. The van der Waals surface area contributed by atoms with Gasteiger partial charge in [-0.15, -0.1) is 0 Å². The maximum atomic E-state index is 12.1. The van der Waals surface area contributed by atoms with Crippen molar-refractivity contribution in [1.29, 1.82) is 0 Å². The van der Waals surface area contributed by atoms with Gasteiger partial charge in [-0.1, -0.05) is 18.2 Å². The van der Waals surface area contributed by atoms with Crippen LogP contribution in [0.1, 0.15) is 42.5 Å². The zero-order chi connectivity index (χ0) is 13.8. The highest BCUT2D eigenvalue weighted by atomic mass is 16.5. The number of hydrogen-bond acceptors (Lipinski definition) is 3. The SMILES string of the molecule is CCOC(=O)C(NCC1CC1)c1ccc(C)c(C)c1. The van der Waals surface area contributed by atoms with E-state index in [0.29, 0.717) is 6.61 Å². The summed E-state index contributed by atoms with van der Waals surface area (Å²) in [7, 11) is 0. The van der Waals surface area contributed by atoms with Crippen LogP contribution in [-0.4, -0.2) is 19.1 Å². The number of benzene rings is 1. The summed E-state index contributed by atoms with van der Waals surface area (Å²) in [6.07, 6.45) is 2.55. The second-order valence-electron chi connectivity index (χ2n) is 5.38. The Labute approximate surface area is 115 Å². The van der Waals surface area contributed by atoms with Crippen LogP contribution in [0.4, 0.5) is 0 Å². The molecule has 0 spiro atoms. The Morgan fingerprint density at radius 3 is 2.68 bits per heavy atom. The van der Waals surface area contributed by atoms with Gasteiger partial charge in [-0.25, -0.2) is 4.79 Å². The summed E-state index contributed by atoms with van der Waals surface area (Å²) in [5, 5.41) is 3.35. The lowest BCUT2D eigenvalue weighted by molar-refractivity contribution is -0.145. The second kappa shape index (κ2) is 6.20. The predicted molar refractivity (Wildman–Crippen MR) is 76.0 cm³/mol. The summed E-state index contributed by atoms with van der Waals surface area (Å²) in [6.45, 7) is 7.32. The third-order valence-electron chi connectivity index (χ3n) is 3.69. The first-order chi connectivity index (χ1) is 9.11. The Morgan fingerprint density at radius 1 is 1.37 bits per heavy atom. The molecule has 1 aromatic carbocycles. The van der Waals surface area contributed by atoms with E-state index < -0.39 is 0 Å². The van der Waals surface area contributed by atoms with Gasteiger partial charge in [0.15, 0.2) is 0 Å². The lowest BCUT2D eigenvalue weighted by Crippen LogP contribution is -2.31. The van der Waals surface area contributed by atoms with Gasteiger partial charge in [0, 0.05) is 0 Å². The molecule has 1 N–H and O–H groups in total. The molecule has 0 saturated heterocycles. The summed E-state index contributed by atoms with van der Waals surface area (Å²) < 4.78 is 5.18. The third kappa shape index (κ3) is 3.80. The van der Waals surface area contributed by atoms with E-state index in [-0.39, 0.29) is 12.0 Å². The van der Waals surface area contributed by atoms with Gasteiger partial charge in [0.2, 0.25) is 0 Å². The minimum absolute atomic E-state index is 0.175. The van der Waals surface area contributed by atoms with Crippen LogP contribution in [-0.2, 0) is 9.53 Å². The predicted octanol–water partition coefficient (Wildman–Crippen LogP) is 2.91. The molecule has 1 atom stereocenters. The van der Waals surface area contributed by atoms with E-state index in [1.807, 2.05) is 13.0 Å². The Kier molecular flexibility index (Phi) is 4.59. The lowest BCUT2D eigenvalue weighted by atomic mass is 10.0. The van der Waals surface area contributed by atoms with Gasteiger partial charge < -0.3 is 10.1 Å². The van der Waals surface area contributed by atoms with E-state index in [2.05, 4.69) is 31.3 Å². The molecule has 1 saturated carbocycles. The van der Waals surface area contributed by atoms with Crippen LogP contribution in [0.2, 0.25) is 0 Å². The quantitative estimate of drug-likeness (QED) is 0.800. The number of hydrogen-bond donors (Lipinski definition) is 1. The fraction of sp³-hybridized carbons (Fsp3) is 0.562. The normalized spacial score (nSPS) is 16.2. The van der Waals surface area contributed by atoms with Crippen molar-refractivity contribution in [1.82, 2.24) is 5.32 Å². The van der Waals surface area contributed by atoms with Crippen LogP contribution < -0.4 is 5.32 Å². The number of esters is 1. The molecule has 0 heterocycles. The Morgan fingerprint density at radius 2 is 2.11 bits per heavy atom. The van der Waals surface area contributed by atoms with Gasteiger partial charge in [0.05, 0.1) is 6.61 Å². The topological polar surface area (TPSA) is 38.3 Å². The summed E-state index contributed by atoms with van der Waals surface area (Å²) in [4.78, 5) is 12.1. The first-order valence-corrected chi connectivity index (χ1v) is 7.09. The van der Waals surface area contributed by atoms with Gasteiger partial charge in [0.25, 0.3) is 0 Å². The number of carbonyl (C=O) groups excluding carboxylic acids is 1. The Balaban J connectivity index is 2.13. The fourth-order valence-electron chi connectivity index (χ4n) is 2.11. The van der Waals surface area contributed by atoms with Gasteiger partial charge >= 0.3 is 5.97 Å². The van der Waals surface area contributed by atoms with Crippen LogP contribution in [0.3, 0.4) is 0 Å². The minimum atomic E-state index is -0.333. The lowest BCUT2D eigenvalue weighted by Gasteiger charge is -2.18. The molecule has 1 unspecified atom stereocenters. The summed E-state index contributed by atoms with van der Waals surface area (Å²) in [5.41, 5.74) is 3.45. The zero-order valence-corrected chi connectivity index (χ0v) is 12.0. The van der Waals surface area contributed by atoms with E-state index in [0.717, 1.165) is 18.0 Å². The van der Waals surface area contributed by atoms with Crippen molar-refractivity contribution in [3.63, 3.8) is 0 Å². The van der Waals surface area contributed by atoms with E-state index in [1.165, 1.54) is 24.0 Å². The molecule has 1 aromatic rings. The number of carbonyl (C=O) groups is 1. The van der Waals surface area contributed by atoms with E-state index in [4.69, 9.17) is 4.74 Å². The molecule has 0 radical (unpaired) electrons. The molecule has 3 nitrogen and oxygen atoms in total. The van der Waals surface area contributed by atoms with E-state index in [1.54, 1.807) is 0 Å². The zero-order valence-electron chi connectivity index (χ0n) is 12.0. The fourth-order valence-corrected chi connectivity index (χ4v) is 2.11. The molecule has 1 fully saturated rings. The van der Waals surface area contributed by atoms with Crippen LogP contribution >= 0.6 is 0 Å². The van der Waals surface area contributed by atoms with E-state index in [9.17, 15) is 4.79 Å². The molecule has 104 valence electrons. The molecule has 2 rings (SSSR count). The summed E-state index contributed by atoms with van der Waals surface area (Å²) >= 11 is 0. The highest BCUT2D eigenvalue weighted by Gasteiger charge is 2.26. The minimum Gasteiger partial charge on any atom is -0.465 e. The molecule has 3 heteroatoms. The molecular formula is C16H23NO2. The first-order valence-electron chi connectivity index (χ1n) is 7.09. The maximum absolute atomic E-state index is 12.1. The van der Waals surface area contributed by atoms with Crippen molar-refractivity contribution >= 4 is 5.97 Å². The van der Waals surface area contributed by atoms with Crippen LogP contribution in [0.5, 0.6) is 0 Å². The standard InChI is InChI=1S/C16H23NO2/c1-4-19-16(18)15(17-10-13-6-7-13)14-8-5-11(2)12(3)9-14/h5,8-9,13,15,17H,4,6-7,10H2,1-3H3. The van der Waals surface area contributed by atoms with Crippen molar-refractivity contribution in [2.45, 2.75) is 39.7 Å². The molecular weight excluding hydrogens is 238 g/mol. The summed E-state index contributed by atoms with van der Waals surface area (Å²) in [5.74, 6) is 0.565. The molecule has 1 aliphatic carbocycles. The second-order valence-corrected chi connectivity index (χ2v) is 5.38. The van der Waals surface area contributed by atoms with Crippen molar-refractivity contribution in [2.75, 3.05) is 13.2 Å². The average Bonchev–Trinajstić information content (AvgIpc) is 3.18. The average molecular weight is 261 g/mol. The van der Waals surface area contributed by atoms with Gasteiger partial charge in [0.1, 0.15) is 6.04 Å².